The minimum Gasteiger partial charge on any atom is -0.394 e. The molecule has 0 saturated heterocycles. The molecule has 0 spiro atoms. The lowest BCUT2D eigenvalue weighted by atomic mass is 9.97. The molecule has 1 aliphatic rings. The lowest BCUT2D eigenvalue weighted by molar-refractivity contribution is 0.159. The van der Waals surface area contributed by atoms with E-state index in [-0.39, 0.29) is 12.6 Å². The molecule has 0 aliphatic heterocycles. The number of carbonyl (C=O) groups excluding carboxylic acids is 1. The van der Waals surface area contributed by atoms with Crippen molar-refractivity contribution in [2.75, 3.05) is 11.9 Å². The number of anilines is 1. The molecule has 1 unspecified atom stereocenters. The number of aryl methyl sites for hydroxylation is 1. The van der Waals surface area contributed by atoms with E-state index >= 15 is 0 Å². The van der Waals surface area contributed by atoms with Crippen LogP contribution < -0.4 is 10.6 Å². The zero-order valence-electron chi connectivity index (χ0n) is 13.2. The van der Waals surface area contributed by atoms with Gasteiger partial charge in [0.15, 0.2) is 0 Å². The Labute approximate surface area is 134 Å². The molecule has 1 heterocycles. The second kappa shape index (κ2) is 6.00. The maximum absolute atomic E-state index is 12.2. The predicted molar refractivity (Wildman–Crippen MR) is 84.8 cm³/mol. The third-order valence-electron chi connectivity index (χ3n) is 4.11. The van der Waals surface area contributed by atoms with Crippen molar-refractivity contribution >= 4 is 11.7 Å². The number of nitrogens with zero attached hydrogens (tertiary/aromatic N) is 2. The molecule has 1 aromatic heterocycles. The van der Waals surface area contributed by atoms with Crippen LogP contribution in [0.25, 0.3) is 11.4 Å². The molecule has 1 aromatic carbocycles. The molecule has 2 aromatic rings. The van der Waals surface area contributed by atoms with E-state index in [4.69, 9.17) is 4.52 Å². The molecule has 1 fully saturated rings. The van der Waals surface area contributed by atoms with Crippen LogP contribution in [0.3, 0.4) is 0 Å². The predicted octanol–water partition coefficient (Wildman–Crippen LogP) is 2.33. The second-order valence-electron chi connectivity index (χ2n) is 6.15. The third-order valence-corrected chi connectivity index (χ3v) is 4.11. The fourth-order valence-electron chi connectivity index (χ4n) is 2.57. The van der Waals surface area contributed by atoms with Crippen molar-refractivity contribution in [3.8, 4) is 11.4 Å². The van der Waals surface area contributed by atoms with Gasteiger partial charge in [-0.05, 0) is 37.8 Å². The van der Waals surface area contributed by atoms with Crippen LogP contribution in [0.1, 0.15) is 25.7 Å². The average Bonchev–Trinajstić information content (AvgIpc) is 3.30. The van der Waals surface area contributed by atoms with Crippen LogP contribution in [0, 0.1) is 12.8 Å². The topological polar surface area (TPSA) is 100 Å². The Morgan fingerprint density at radius 2 is 2.26 bits per heavy atom. The van der Waals surface area contributed by atoms with Crippen molar-refractivity contribution < 1.29 is 14.4 Å². The Morgan fingerprint density at radius 1 is 1.48 bits per heavy atom. The normalized spacial score (nSPS) is 16.7. The summed E-state index contributed by atoms with van der Waals surface area (Å²) >= 11 is 0. The van der Waals surface area contributed by atoms with E-state index in [0.717, 1.165) is 18.4 Å². The Bertz CT molecular complexity index is 711. The highest BCUT2D eigenvalue weighted by Gasteiger charge is 2.42. The lowest BCUT2D eigenvalue weighted by Crippen LogP contribution is -2.52. The number of aromatic nitrogens is 2. The Kier molecular flexibility index (Phi) is 4.04. The summed E-state index contributed by atoms with van der Waals surface area (Å²) in [6, 6.07) is 6.87. The number of urea groups is 1. The van der Waals surface area contributed by atoms with Gasteiger partial charge in [-0.2, -0.15) is 4.98 Å². The largest absolute Gasteiger partial charge is 0.394 e. The molecule has 1 aliphatic carbocycles. The zero-order chi connectivity index (χ0) is 16.4. The fourth-order valence-corrected chi connectivity index (χ4v) is 2.57. The van der Waals surface area contributed by atoms with Crippen molar-refractivity contribution in [1.82, 2.24) is 15.5 Å². The smallest absolute Gasteiger partial charge is 0.319 e. The third kappa shape index (κ3) is 3.50. The van der Waals surface area contributed by atoms with Gasteiger partial charge in [0.05, 0.1) is 12.1 Å². The maximum atomic E-state index is 12.2. The van der Waals surface area contributed by atoms with Gasteiger partial charge in [0.2, 0.25) is 11.7 Å². The minimum atomic E-state index is -0.577. The van der Waals surface area contributed by atoms with Gasteiger partial charge in [-0.25, -0.2) is 4.79 Å². The van der Waals surface area contributed by atoms with Crippen LogP contribution in [0.15, 0.2) is 28.8 Å². The Hall–Kier alpha value is -2.41. The second-order valence-corrected chi connectivity index (χ2v) is 6.15. The molecular weight excluding hydrogens is 296 g/mol. The van der Waals surface area contributed by atoms with Crippen LogP contribution in [0.2, 0.25) is 0 Å². The number of amides is 2. The van der Waals surface area contributed by atoms with E-state index < -0.39 is 5.54 Å². The number of nitrogens with one attached hydrogen (secondary N) is 2. The Balaban J connectivity index is 1.69. The first-order valence-electron chi connectivity index (χ1n) is 7.61. The van der Waals surface area contributed by atoms with Gasteiger partial charge in [-0.3, -0.25) is 0 Å². The molecule has 0 bridgehead atoms. The van der Waals surface area contributed by atoms with E-state index in [1.807, 2.05) is 19.1 Å². The summed E-state index contributed by atoms with van der Waals surface area (Å²) in [6.07, 6.45) is 2.06. The quantitative estimate of drug-likeness (QED) is 0.786. The summed E-state index contributed by atoms with van der Waals surface area (Å²) in [5.41, 5.74) is 0.803. The van der Waals surface area contributed by atoms with Gasteiger partial charge in [0, 0.05) is 18.2 Å². The van der Waals surface area contributed by atoms with Crippen LogP contribution in [0.5, 0.6) is 0 Å². The molecule has 1 atom stereocenters. The minimum absolute atomic E-state index is 0.0761. The summed E-state index contributed by atoms with van der Waals surface area (Å²) in [5, 5.41) is 19.1. The van der Waals surface area contributed by atoms with Gasteiger partial charge >= 0.3 is 6.03 Å². The molecule has 3 rings (SSSR count). The summed E-state index contributed by atoms with van der Waals surface area (Å²) < 4.78 is 4.96. The molecule has 3 N–H and O–H groups in total. The van der Waals surface area contributed by atoms with Crippen molar-refractivity contribution in [3.05, 3.63) is 30.2 Å². The van der Waals surface area contributed by atoms with E-state index in [1.54, 1.807) is 19.1 Å². The zero-order valence-corrected chi connectivity index (χ0v) is 13.2. The van der Waals surface area contributed by atoms with Crippen LogP contribution in [-0.2, 0) is 0 Å². The molecule has 23 heavy (non-hydrogen) atoms. The number of carbonyl (C=O) groups is 1. The van der Waals surface area contributed by atoms with Gasteiger partial charge in [0.25, 0.3) is 0 Å². The lowest BCUT2D eigenvalue weighted by Gasteiger charge is -2.28. The molecular formula is C16H20N4O3. The summed E-state index contributed by atoms with van der Waals surface area (Å²) in [4.78, 5) is 16.4. The average molecular weight is 316 g/mol. The standard InChI is InChI=1S/C16H20N4O3/c1-10-17-14(20-23-10)11-4-3-5-13(8-11)18-15(22)19-16(2,9-21)12-6-7-12/h3-5,8,12,21H,6-7,9H2,1-2H3,(H2,18,19,22). The van der Waals surface area contributed by atoms with Crippen molar-refractivity contribution in [1.29, 1.82) is 0 Å². The van der Waals surface area contributed by atoms with Gasteiger partial charge < -0.3 is 20.3 Å². The van der Waals surface area contributed by atoms with Gasteiger partial charge in [-0.15, -0.1) is 0 Å². The van der Waals surface area contributed by atoms with Gasteiger partial charge in [-0.1, -0.05) is 17.3 Å². The van der Waals surface area contributed by atoms with E-state index in [2.05, 4.69) is 20.8 Å². The fraction of sp³-hybridized carbons (Fsp3) is 0.438. The van der Waals surface area contributed by atoms with E-state index in [0.29, 0.717) is 23.3 Å². The van der Waals surface area contributed by atoms with E-state index in [9.17, 15) is 9.90 Å². The maximum Gasteiger partial charge on any atom is 0.319 e. The number of benzene rings is 1. The number of hydrogen-bond donors (Lipinski definition) is 3. The van der Waals surface area contributed by atoms with Crippen LogP contribution in [0.4, 0.5) is 10.5 Å². The highest BCUT2D eigenvalue weighted by Crippen LogP contribution is 2.39. The highest BCUT2D eigenvalue weighted by atomic mass is 16.5. The molecule has 2 amide bonds. The number of aliphatic hydroxyl groups excluding tert-OH is 1. The van der Waals surface area contributed by atoms with E-state index in [1.165, 1.54) is 0 Å². The number of hydrogen-bond acceptors (Lipinski definition) is 5. The van der Waals surface area contributed by atoms with Crippen molar-refractivity contribution in [2.24, 2.45) is 5.92 Å². The first kappa shape index (κ1) is 15.5. The molecule has 1 saturated carbocycles. The van der Waals surface area contributed by atoms with Crippen molar-refractivity contribution in [2.45, 2.75) is 32.2 Å². The SMILES string of the molecule is Cc1nc(-c2cccc(NC(=O)NC(C)(CO)C3CC3)c2)no1. The first-order valence-corrected chi connectivity index (χ1v) is 7.61. The molecule has 7 heteroatoms. The highest BCUT2D eigenvalue weighted by molar-refractivity contribution is 5.90. The molecule has 7 nitrogen and oxygen atoms in total. The van der Waals surface area contributed by atoms with Gasteiger partial charge in [0.1, 0.15) is 0 Å². The van der Waals surface area contributed by atoms with Crippen LogP contribution in [-0.4, -0.2) is 33.4 Å². The van der Waals surface area contributed by atoms with Crippen LogP contribution >= 0.6 is 0 Å². The summed E-state index contributed by atoms with van der Waals surface area (Å²) in [7, 11) is 0. The monoisotopic (exact) mass is 316 g/mol. The Morgan fingerprint density at radius 3 is 2.87 bits per heavy atom. The summed E-state index contributed by atoms with van der Waals surface area (Å²) in [6.45, 7) is 3.51. The summed E-state index contributed by atoms with van der Waals surface area (Å²) in [5.74, 6) is 1.30. The number of rotatable bonds is 5. The first-order chi connectivity index (χ1) is 11.0. The molecule has 122 valence electrons. The number of aliphatic hydroxyl groups is 1. The molecule has 0 radical (unpaired) electrons. The van der Waals surface area contributed by atoms with Crippen molar-refractivity contribution in [3.63, 3.8) is 0 Å².